The zero-order valence-corrected chi connectivity index (χ0v) is 13.9. The average Bonchev–Trinajstić information content (AvgIpc) is 3.22. The summed E-state index contributed by atoms with van der Waals surface area (Å²) in [5.74, 6) is -0.696. The third kappa shape index (κ3) is 9.96. The van der Waals surface area contributed by atoms with Gasteiger partial charge < -0.3 is 14.9 Å². The van der Waals surface area contributed by atoms with E-state index in [0.717, 1.165) is 51.4 Å². The van der Waals surface area contributed by atoms with Crippen LogP contribution in [-0.4, -0.2) is 34.5 Å². The van der Waals surface area contributed by atoms with Crippen molar-refractivity contribution in [3.05, 3.63) is 12.2 Å². The number of rotatable bonds is 14. The Morgan fingerprint density at radius 2 is 1.86 bits per heavy atom. The standard InChI is InChI=1S/C18H32O4/c1-2-3-7-10-15(19)13-14-17-16(22-17)11-8-5-4-6-9-12-18(20)21/h13-17,19H,2-12H2,1H3,(H,20,21)/b14-13+/t15?,16-,17-/m1/s1. The highest BCUT2D eigenvalue weighted by Crippen LogP contribution is 2.29. The minimum Gasteiger partial charge on any atom is -0.481 e. The van der Waals surface area contributed by atoms with E-state index in [9.17, 15) is 9.90 Å². The van der Waals surface area contributed by atoms with Crippen molar-refractivity contribution in [1.82, 2.24) is 0 Å². The predicted octanol–water partition coefficient (Wildman–Crippen LogP) is 4.07. The molecular formula is C18H32O4. The fraction of sp³-hybridized carbons (Fsp3) is 0.833. The molecule has 1 heterocycles. The van der Waals surface area contributed by atoms with E-state index in [1.807, 2.05) is 12.2 Å². The lowest BCUT2D eigenvalue weighted by Crippen LogP contribution is -2.02. The average molecular weight is 312 g/mol. The Morgan fingerprint density at radius 3 is 2.59 bits per heavy atom. The topological polar surface area (TPSA) is 70.1 Å². The molecule has 0 aliphatic carbocycles. The molecule has 0 radical (unpaired) electrons. The third-order valence-electron chi connectivity index (χ3n) is 4.13. The first-order valence-corrected chi connectivity index (χ1v) is 8.87. The largest absolute Gasteiger partial charge is 0.481 e. The smallest absolute Gasteiger partial charge is 0.303 e. The van der Waals surface area contributed by atoms with E-state index in [-0.39, 0.29) is 12.2 Å². The Labute approximate surface area is 134 Å². The van der Waals surface area contributed by atoms with Gasteiger partial charge in [0.1, 0.15) is 6.10 Å². The quantitative estimate of drug-likeness (QED) is 0.288. The molecule has 0 saturated carbocycles. The maximum atomic E-state index is 10.4. The van der Waals surface area contributed by atoms with E-state index in [1.54, 1.807) is 0 Å². The maximum Gasteiger partial charge on any atom is 0.303 e. The van der Waals surface area contributed by atoms with Crippen LogP contribution in [0.1, 0.15) is 77.6 Å². The molecule has 0 aromatic rings. The van der Waals surface area contributed by atoms with Crippen molar-refractivity contribution in [2.24, 2.45) is 0 Å². The zero-order chi connectivity index (χ0) is 16.2. The molecule has 0 amide bonds. The van der Waals surface area contributed by atoms with Crippen LogP contribution in [0, 0.1) is 0 Å². The number of epoxide rings is 1. The molecule has 2 N–H and O–H groups in total. The normalized spacial score (nSPS) is 22.1. The highest BCUT2D eigenvalue weighted by atomic mass is 16.6. The number of ether oxygens (including phenoxy) is 1. The molecule has 3 atom stereocenters. The third-order valence-corrected chi connectivity index (χ3v) is 4.13. The fourth-order valence-electron chi connectivity index (χ4n) is 2.65. The summed E-state index contributed by atoms with van der Waals surface area (Å²) >= 11 is 0. The van der Waals surface area contributed by atoms with Gasteiger partial charge in [0, 0.05) is 6.42 Å². The molecule has 0 spiro atoms. The lowest BCUT2D eigenvalue weighted by molar-refractivity contribution is -0.137. The summed E-state index contributed by atoms with van der Waals surface area (Å²) in [7, 11) is 0. The molecule has 0 bridgehead atoms. The first-order valence-electron chi connectivity index (χ1n) is 8.87. The molecule has 0 aromatic heterocycles. The summed E-state index contributed by atoms with van der Waals surface area (Å²) in [6.07, 6.45) is 14.9. The van der Waals surface area contributed by atoms with Crippen LogP contribution < -0.4 is 0 Å². The van der Waals surface area contributed by atoms with Crippen LogP contribution >= 0.6 is 0 Å². The van der Waals surface area contributed by atoms with Crippen LogP contribution in [-0.2, 0) is 9.53 Å². The van der Waals surface area contributed by atoms with Gasteiger partial charge >= 0.3 is 5.97 Å². The van der Waals surface area contributed by atoms with E-state index >= 15 is 0 Å². The Bertz CT molecular complexity index is 327. The minimum atomic E-state index is -0.696. The summed E-state index contributed by atoms with van der Waals surface area (Å²) in [6, 6.07) is 0. The first kappa shape index (κ1) is 19.2. The second kappa shape index (κ2) is 11.7. The summed E-state index contributed by atoms with van der Waals surface area (Å²) in [4.78, 5) is 10.4. The number of aliphatic hydroxyl groups excluding tert-OH is 1. The van der Waals surface area contributed by atoms with Gasteiger partial charge in [-0.3, -0.25) is 4.79 Å². The number of aliphatic carboxylic acids is 1. The maximum absolute atomic E-state index is 10.4. The van der Waals surface area contributed by atoms with Crippen LogP contribution in [0.4, 0.5) is 0 Å². The fourth-order valence-corrected chi connectivity index (χ4v) is 2.65. The molecule has 1 fully saturated rings. The summed E-state index contributed by atoms with van der Waals surface area (Å²) < 4.78 is 5.58. The lowest BCUT2D eigenvalue weighted by atomic mass is 10.1. The molecule has 1 saturated heterocycles. The number of hydrogen-bond donors (Lipinski definition) is 2. The monoisotopic (exact) mass is 312 g/mol. The molecule has 1 aliphatic rings. The number of hydrogen-bond acceptors (Lipinski definition) is 3. The van der Waals surface area contributed by atoms with Gasteiger partial charge in [-0.2, -0.15) is 0 Å². The number of unbranched alkanes of at least 4 members (excludes halogenated alkanes) is 6. The summed E-state index contributed by atoms with van der Waals surface area (Å²) in [5.41, 5.74) is 0. The molecular weight excluding hydrogens is 280 g/mol. The van der Waals surface area contributed by atoms with E-state index < -0.39 is 5.97 Å². The van der Waals surface area contributed by atoms with Crippen molar-refractivity contribution < 1.29 is 19.7 Å². The van der Waals surface area contributed by atoms with E-state index in [4.69, 9.17) is 9.84 Å². The van der Waals surface area contributed by atoms with Crippen LogP contribution in [0.15, 0.2) is 12.2 Å². The van der Waals surface area contributed by atoms with Crippen LogP contribution in [0.3, 0.4) is 0 Å². The number of carboxylic acid groups (broad SMARTS) is 1. The highest BCUT2D eigenvalue weighted by Gasteiger charge is 2.35. The van der Waals surface area contributed by atoms with E-state index in [1.165, 1.54) is 12.8 Å². The molecule has 128 valence electrons. The first-order chi connectivity index (χ1) is 10.6. The van der Waals surface area contributed by atoms with Gasteiger partial charge in [-0.1, -0.05) is 64.0 Å². The van der Waals surface area contributed by atoms with Crippen LogP contribution in [0.5, 0.6) is 0 Å². The minimum absolute atomic E-state index is 0.202. The highest BCUT2D eigenvalue weighted by molar-refractivity contribution is 5.66. The summed E-state index contributed by atoms with van der Waals surface area (Å²) in [5, 5.41) is 18.3. The molecule has 1 unspecified atom stereocenters. The lowest BCUT2D eigenvalue weighted by Gasteiger charge is -2.03. The molecule has 1 rings (SSSR count). The van der Waals surface area contributed by atoms with Gasteiger partial charge in [-0.05, 0) is 19.3 Å². The Hall–Kier alpha value is -0.870. The predicted molar refractivity (Wildman–Crippen MR) is 87.9 cm³/mol. The molecule has 22 heavy (non-hydrogen) atoms. The zero-order valence-electron chi connectivity index (χ0n) is 13.9. The Kier molecular flexibility index (Phi) is 10.2. The van der Waals surface area contributed by atoms with Crippen LogP contribution in [0.25, 0.3) is 0 Å². The summed E-state index contributed by atoms with van der Waals surface area (Å²) in [6.45, 7) is 2.16. The van der Waals surface area contributed by atoms with Gasteiger partial charge in [-0.25, -0.2) is 0 Å². The van der Waals surface area contributed by atoms with Crippen molar-refractivity contribution >= 4 is 5.97 Å². The second-order valence-corrected chi connectivity index (χ2v) is 6.29. The molecule has 4 nitrogen and oxygen atoms in total. The second-order valence-electron chi connectivity index (χ2n) is 6.29. The van der Waals surface area contributed by atoms with Crippen molar-refractivity contribution in [2.75, 3.05) is 0 Å². The van der Waals surface area contributed by atoms with Gasteiger partial charge in [-0.15, -0.1) is 0 Å². The Morgan fingerprint density at radius 1 is 1.14 bits per heavy atom. The molecule has 4 heteroatoms. The van der Waals surface area contributed by atoms with Gasteiger partial charge in [0.25, 0.3) is 0 Å². The van der Waals surface area contributed by atoms with Crippen molar-refractivity contribution in [3.63, 3.8) is 0 Å². The van der Waals surface area contributed by atoms with Gasteiger partial charge in [0.15, 0.2) is 0 Å². The molecule has 1 aliphatic heterocycles. The van der Waals surface area contributed by atoms with Crippen molar-refractivity contribution in [1.29, 1.82) is 0 Å². The molecule has 0 aromatic carbocycles. The van der Waals surface area contributed by atoms with E-state index in [0.29, 0.717) is 12.5 Å². The van der Waals surface area contributed by atoms with Crippen molar-refractivity contribution in [3.8, 4) is 0 Å². The van der Waals surface area contributed by atoms with E-state index in [2.05, 4.69) is 6.92 Å². The Balaban J connectivity index is 1.92. The van der Waals surface area contributed by atoms with Crippen LogP contribution in [0.2, 0.25) is 0 Å². The number of aliphatic hydroxyl groups is 1. The number of carbonyl (C=O) groups is 1. The number of carboxylic acids is 1. The SMILES string of the molecule is CCCCCC(O)/C=C/[C@H]1O[C@@H]1CCCCCCCC(=O)O. The van der Waals surface area contributed by atoms with Crippen molar-refractivity contribution in [2.45, 2.75) is 95.9 Å². The van der Waals surface area contributed by atoms with Gasteiger partial charge in [0.05, 0.1) is 12.2 Å². The van der Waals surface area contributed by atoms with Gasteiger partial charge in [0.2, 0.25) is 0 Å².